The lowest BCUT2D eigenvalue weighted by Gasteiger charge is -2.24. The van der Waals surface area contributed by atoms with Crippen LogP contribution in [-0.4, -0.2) is 34.5 Å². The van der Waals surface area contributed by atoms with Gasteiger partial charge in [0.05, 0.1) is 7.98 Å². The van der Waals surface area contributed by atoms with Crippen LogP contribution in [0.1, 0.15) is 74.7 Å². The minimum atomic E-state index is -0.894. The molecule has 1 aliphatic rings. The lowest BCUT2D eigenvalue weighted by molar-refractivity contribution is -0.137. The smallest absolute Gasteiger partial charge is 0.303 e. The van der Waals surface area contributed by atoms with Crippen molar-refractivity contribution < 1.29 is 20.8 Å². The maximum Gasteiger partial charge on any atom is 0.303 e. The fourth-order valence-corrected chi connectivity index (χ4v) is 4.45. The van der Waals surface area contributed by atoms with Crippen molar-refractivity contribution in [1.29, 1.82) is 0 Å². The van der Waals surface area contributed by atoms with E-state index in [1.165, 1.54) is 5.56 Å². The van der Waals surface area contributed by atoms with Gasteiger partial charge in [0, 0.05) is 30.1 Å². The van der Waals surface area contributed by atoms with Crippen molar-refractivity contribution in [1.82, 2.24) is 4.90 Å². The number of aryl methyl sites for hydroxylation is 1. The van der Waals surface area contributed by atoms with Gasteiger partial charge in [-0.3, -0.25) is 9.59 Å². The number of carbonyl (C=O) groups is 2. The van der Waals surface area contributed by atoms with E-state index in [2.05, 4.69) is 31.2 Å². The van der Waals surface area contributed by atoms with E-state index in [4.69, 9.17) is 11.2 Å². The fourth-order valence-electron chi connectivity index (χ4n) is 4.45. The Bertz CT molecular complexity index is 1220. The number of benzene rings is 3. The topological polar surface area (TPSA) is 66.8 Å². The van der Waals surface area contributed by atoms with Gasteiger partial charge in [-0.15, -0.1) is 0 Å². The van der Waals surface area contributed by atoms with Crippen molar-refractivity contribution in [2.45, 2.75) is 70.9 Å². The zero-order valence-corrected chi connectivity index (χ0v) is 21.6. The molecule has 0 aliphatic heterocycles. The predicted molar refractivity (Wildman–Crippen MR) is 147 cm³/mol. The SMILES string of the molecule is [2H]C1(N(Cc2ccccc2OCCCCCC(=O)O)C(=O)c2ccc(-c3ccc(CCC)cc3)cc2)CC1. The number of amides is 1. The molecule has 4 rings (SSSR count). The molecule has 3 aromatic rings. The van der Waals surface area contributed by atoms with E-state index in [0.29, 0.717) is 43.7 Å². The summed E-state index contributed by atoms with van der Waals surface area (Å²) >= 11 is 0. The van der Waals surface area contributed by atoms with Gasteiger partial charge >= 0.3 is 5.97 Å². The first-order valence-corrected chi connectivity index (χ1v) is 13.3. The van der Waals surface area contributed by atoms with Crippen LogP contribution in [0.5, 0.6) is 5.75 Å². The summed E-state index contributed by atoms with van der Waals surface area (Å²) in [4.78, 5) is 26.0. The monoisotopic (exact) mass is 500 g/mol. The Kier molecular flexibility index (Phi) is 8.87. The summed E-state index contributed by atoms with van der Waals surface area (Å²) in [7, 11) is 0. The second-order valence-electron chi connectivity index (χ2n) is 9.64. The molecule has 0 spiro atoms. The number of carboxylic acids is 1. The van der Waals surface area contributed by atoms with Gasteiger partial charge in [0.15, 0.2) is 0 Å². The number of rotatable bonds is 14. The summed E-state index contributed by atoms with van der Waals surface area (Å²) in [5, 5.41) is 8.78. The van der Waals surface area contributed by atoms with Crippen LogP contribution in [0.25, 0.3) is 11.1 Å². The molecule has 0 aromatic heterocycles. The molecule has 1 saturated carbocycles. The molecule has 5 heteroatoms. The predicted octanol–water partition coefficient (Wildman–Crippen LogP) is 7.13. The number of aliphatic carboxylic acids is 1. The third-order valence-electron chi connectivity index (χ3n) is 6.65. The molecule has 0 heterocycles. The highest BCUT2D eigenvalue weighted by Gasteiger charge is 2.33. The van der Waals surface area contributed by atoms with Gasteiger partial charge in [0.1, 0.15) is 5.75 Å². The Morgan fingerprint density at radius 3 is 2.27 bits per heavy atom. The van der Waals surface area contributed by atoms with Crippen LogP contribution in [0.4, 0.5) is 0 Å². The lowest BCUT2D eigenvalue weighted by atomic mass is 10.0. The molecule has 5 nitrogen and oxygen atoms in total. The normalized spacial score (nSPS) is 14.0. The number of unbranched alkanes of at least 4 members (excludes halogenated alkanes) is 2. The van der Waals surface area contributed by atoms with Gasteiger partial charge in [0.25, 0.3) is 5.91 Å². The number of para-hydroxylation sites is 1. The summed E-state index contributed by atoms with van der Waals surface area (Å²) in [6.07, 6.45) is 5.86. The standard InChI is InChI=1S/C32H37NO4/c1-2-8-24-12-14-25(15-13-24)26-16-18-27(19-17-26)32(36)33(29-20-21-29)23-28-9-5-6-10-30(28)37-22-7-3-4-11-31(34)35/h5-6,9-10,12-19,29H,2-4,7-8,11,20-23H2,1H3,(H,34,35)/i29D. The van der Waals surface area contributed by atoms with Crippen LogP contribution in [0.15, 0.2) is 72.8 Å². The lowest BCUT2D eigenvalue weighted by Crippen LogP contribution is -2.32. The highest BCUT2D eigenvalue weighted by molar-refractivity contribution is 5.95. The van der Waals surface area contributed by atoms with Gasteiger partial charge in [-0.2, -0.15) is 0 Å². The zero-order chi connectivity index (χ0) is 27.0. The Morgan fingerprint density at radius 2 is 1.62 bits per heavy atom. The number of nitrogens with zero attached hydrogens (tertiary/aromatic N) is 1. The Labute approximate surface area is 221 Å². The van der Waals surface area contributed by atoms with Crippen molar-refractivity contribution in [3.05, 3.63) is 89.5 Å². The van der Waals surface area contributed by atoms with Gasteiger partial charge < -0.3 is 14.7 Å². The zero-order valence-electron chi connectivity index (χ0n) is 22.6. The average Bonchev–Trinajstić information content (AvgIpc) is 3.68. The van der Waals surface area contributed by atoms with Gasteiger partial charge in [-0.1, -0.05) is 67.9 Å². The van der Waals surface area contributed by atoms with Crippen molar-refractivity contribution in [2.75, 3.05) is 6.61 Å². The van der Waals surface area contributed by atoms with Crippen LogP contribution in [-0.2, 0) is 17.8 Å². The minimum absolute atomic E-state index is 0.147. The van der Waals surface area contributed by atoms with Crippen LogP contribution in [0.3, 0.4) is 0 Å². The van der Waals surface area contributed by atoms with Crippen molar-refractivity contribution in [2.24, 2.45) is 0 Å². The number of carbonyl (C=O) groups excluding carboxylic acids is 1. The fraction of sp³-hybridized carbons (Fsp3) is 0.375. The molecule has 1 aliphatic carbocycles. The third kappa shape index (κ3) is 7.69. The Morgan fingerprint density at radius 1 is 0.946 bits per heavy atom. The van der Waals surface area contributed by atoms with E-state index in [-0.39, 0.29) is 12.3 Å². The van der Waals surface area contributed by atoms with Crippen molar-refractivity contribution >= 4 is 11.9 Å². The van der Waals surface area contributed by atoms with E-state index >= 15 is 0 Å². The molecule has 3 aromatic carbocycles. The second-order valence-corrected chi connectivity index (χ2v) is 9.64. The van der Waals surface area contributed by atoms with Gasteiger partial charge in [-0.25, -0.2) is 0 Å². The molecule has 0 radical (unpaired) electrons. The van der Waals surface area contributed by atoms with Gasteiger partial charge in [-0.05, 0) is 73.4 Å². The number of hydrogen-bond acceptors (Lipinski definition) is 3. The molecule has 1 fully saturated rings. The van der Waals surface area contributed by atoms with Crippen LogP contribution < -0.4 is 4.74 Å². The van der Waals surface area contributed by atoms with Gasteiger partial charge in [0.2, 0.25) is 0 Å². The van der Waals surface area contributed by atoms with Crippen LogP contribution in [0, 0.1) is 0 Å². The summed E-state index contributed by atoms with van der Waals surface area (Å²) in [5.41, 5.74) is 4.95. The Hall–Kier alpha value is -3.60. The van der Waals surface area contributed by atoms with E-state index in [9.17, 15) is 9.59 Å². The van der Waals surface area contributed by atoms with E-state index in [1.54, 1.807) is 4.90 Å². The molecule has 0 atom stereocenters. The molecule has 0 bridgehead atoms. The first-order valence-electron chi connectivity index (χ1n) is 13.8. The highest BCUT2D eigenvalue weighted by Crippen LogP contribution is 2.32. The molecule has 0 saturated heterocycles. The quantitative estimate of drug-likeness (QED) is 0.239. The molecule has 194 valence electrons. The molecule has 0 unspecified atom stereocenters. The number of carboxylic acid groups (broad SMARTS) is 1. The molecule has 1 amide bonds. The van der Waals surface area contributed by atoms with Crippen LogP contribution in [0.2, 0.25) is 0 Å². The van der Waals surface area contributed by atoms with E-state index < -0.39 is 12.0 Å². The number of hydrogen-bond donors (Lipinski definition) is 1. The first-order chi connectivity index (χ1) is 18.4. The van der Waals surface area contributed by atoms with E-state index in [0.717, 1.165) is 42.4 Å². The summed E-state index contributed by atoms with van der Waals surface area (Å²) in [6, 6.07) is 23.0. The highest BCUT2D eigenvalue weighted by atomic mass is 16.5. The van der Waals surface area contributed by atoms with E-state index in [1.807, 2.05) is 48.5 Å². The third-order valence-corrected chi connectivity index (χ3v) is 6.65. The first kappa shape index (κ1) is 25.1. The molecular formula is C32H37NO4. The van der Waals surface area contributed by atoms with Crippen molar-refractivity contribution in [3.63, 3.8) is 0 Å². The molecular weight excluding hydrogens is 462 g/mol. The maximum absolute atomic E-state index is 13.6. The van der Waals surface area contributed by atoms with Crippen LogP contribution >= 0.6 is 0 Å². The molecule has 37 heavy (non-hydrogen) atoms. The Balaban J connectivity index is 1.43. The average molecular weight is 501 g/mol. The summed E-state index contributed by atoms with van der Waals surface area (Å²) in [6.45, 7) is 2.96. The summed E-state index contributed by atoms with van der Waals surface area (Å²) in [5.74, 6) is -0.221. The summed E-state index contributed by atoms with van der Waals surface area (Å²) < 4.78 is 14.8. The maximum atomic E-state index is 13.6. The molecule has 1 N–H and O–H groups in total. The second kappa shape index (κ2) is 13.1. The van der Waals surface area contributed by atoms with Crippen molar-refractivity contribution in [3.8, 4) is 16.9 Å². The minimum Gasteiger partial charge on any atom is -0.493 e. The largest absolute Gasteiger partial charge is 0.493 e. The number of ether oxygens (including phenoxy) is 1.